The number of carbonyl (C=O) groups excluding carboxylic acids is 1. The van der Waals surface area contributed by atoms with Crippen molar-refractivity contribution >= 4 is 23.2 Å². The van der Waals surface area contributed by atoms with Crippen LogP contribution < -0.4 is 10.6 Å². The van der Waals surface area contributed by atoms with E-state index in [1.165, 1.54) is 0 Å². The van der Waals surface area contributed by atoms with Crippen LogP contribution in [0.25, 0.3) is 5.70 Å². The minimum atomic E-state index is -0.401. The molecule has 1 heterocycles. The van der Waals surface area contributed by atoms with Crippen molar-refractivity contribution in [2.75, 3.05) is 6.54 Å². The van der Waals surface area contributed by atoms with Crippen LogP contribution in [-0.2, 0) is 4.79 Å². The van der Waals surface area contributed by atoms with Crippen LogP contribution in [-0.4, -0.2) is 22.7 Å². The Morgan fingerprint density at radius 2 is 1.90 bits per heavy atom. The molecule has 0 aromatic heterocycles. The van der Waals surface area contributed by atoms with Crippen LogP contribution in [0, 0.1) is 0 Å². The lowest BCUT2D eigenvalue weighted by Crippen LogP contribution is -2.31. The van der Waals surface area contributed by atoms with Gasteiger partial charge in [0.05, 0.1) is 11.1 Å². The number of amides is 1. The molecule has 1 aliphatic heterocycles. The Bertz CT molecular complexity index is 787. The molecule has 0 atom stereocenters. The molecule has 2 aromatic rings. The molecule has 0 spiro atoms. The average molecular weight is 293 g/mol. The van der Waals surface area contributed by atoms with E-state index in [9.17, 15) is 10.0 Å². The number of hydroxylamine groups is 2. The van der Waals surface area contributed by atoms with Crippen molar-refractivity contribution in [1.82, 2.24) is 5.06 Å². The van der Waals surface area contributed by atoms with Gasteiger partial charge in [-0.3, -0.25) is 10.0 Å². The van der Waals surface area contributed by atoms with E-state index in [1.807, 2.05) is 30.3 Å². The summed E-state index contributed by atoms with van der Waals surface area (Å²) in [6, 6.07) is 14.4. The van der Waals surface area contributed by atoms with Gasteiger partial charge in [-0.1, -0.05) is 41.9 Å². The molecule has 1 N–H and O–H groups in total. The van der Waals surface area contributed by atoms with Gasteiger partial charge in [0.25, 0.3) is 5.91 Å². The Morgan fingerprint density at radius 3 is 2.65 bits per heavy atom. The van der Waals surface area contributed by atoms with Crippen molar-refractivity contribution in [3.8, 4) is 0 Å². The third kappa shape index (κ3) is 2.31. The second-order valence-corrected chi connectivity index (χ2v) is 4.88. The number of hydrogen-bond donors (Lipinski definition) is 1. The highest BCUT2D eigenvalue weighted by atomic mass is 35.5. The summed E-state index contributed by atoms with van der Waals surface area (Å²) < 4.78 is 0. The van der Waals surface area contributed by atoms with Gasteiger partial charge in [0.15, 0.2) is 0 Å². The normalized spacial score (nSPS) is 14.6. The van der Waals surface area contributed by atoms with E-state index in [1.54, 1.807) is 18.2 Å². The molecule has 0 radical (unpaired) electrons. The fourth-order valence-corrected chi connectivity index (χ4v) is 2.38. The summed E-state index contributed by atoms with van der Waals surface area (Å²) in [4.78, 5) is 15.7. The van der Waals surface area contributed by atoms with Gasteiger partial charge in [-0.2, -0.15) is 0 Å². The van der Waals surface area contributed by atoms with E-state index in [2.05, 4.69) is 4.99 Å². The molecule has 5 heteroatoms. The van der Waals surface area contributed by atoms with Crippen LogP contribution in [0.5, 0.6) is 0 Å². The van der Waals surface area contributed by atoms with Crippen LogP contribution in [0.1, 0.15) is 5.56 Å². The highest BCUT2D eigenvalue weighted by molar-refractivity contribution is 6.30. The fourth-order valence-electron chi connectivity index (χ4n) is 2.21. The zero-order valence-electron chi connectivity index (χ0n) is 10.5. The van der Waals surface area contributed by atoms with E-state index < -0.39 is 5.91 Å². The summed E-state index contributed by atoms with van der Waals surface area (Å²) in [6.07, 6.45) is 0. The number of rotatable bonds is 1. The number of hydrogen-bond acceptors (Lipinski definition) is 3. The van der Waals surface area contributed by atoms with Crippen molar-refractivity contribution < 1.29 is 10.0 Å². The molecule has 20 heavy (non-hydrogen) atoms. The third-order valence-electron chi connectivity index (χ3n) is 3.05. The largest absolute Gasteiger partial charge is 0.288 e. The third-order valence-corrected chi connectivity index (χ3v) is 3.28. The maximum atomic E-state index is 11.7. The predicted octanol–water partition coefficient (Wildman–Crippen LogP) is 1.35. The molecule has 0 saturated carbocycles. The zero-order chi connectivity index (χ0) is 14.1. The molecule has 2 aromatic carbocycles. The van der Waals surface area contributed by atoms with Crippen molar-refractivity contribution in [2.24, 2.45) is 4.99 Å². The minimum absolute atomic E-state index is 0.184. The number of halogens is 1. The van der Waals surface area contributed by atoms with E-state index in [-0.39, 0.29) is 6.54 Å². The maximum absolute atomic E-state index is 11.7. The monoisotopic (exact) mass is 292 g/mol. The van der Waals surface area contributed by atoms with E-state index in [4.69, 9.17) is 11.6 Å². The second kappa shape index (κ2) is 5.07. The quantitative estimate of drug-likeness (QED) is 0.863. The first kappa shape index (κ1) is 12.8. The van der Waals surface area contributed by atoms with Crippen LogP contribution >= 0.6 is 11.6 Å². The number of carbonyl (C=O) groups is 1. The summed E-state index contributed by atoms with van der Waals surface area (Å²) in [5.74, 6) is -0.401. The first-order valence-corrected chi connectivity index (χ1v) is 6.46. The Morgan fingerprint density at radius 1 is 1.15 bits per heavy atom. The molecule has 0 bridgehead atoms. The maximum Gasteiger partial charge on any atom is 0.268 e. The minimum Gasteiger partial charge on any atom is -0.288 e. The van der Waals surface area contributed by atoms with Crippen LogP contribution in [0.2, 0.25) is 5.02 Å². The van der Waals surface area contributed by atoms with E-state index >= 15 is 0 Å². The summed E-state index contributed by atoms with van der Waals surface area (Å²) in [7, 11) is 0. The van der Waals surface area contributed by atoms with Gasteiger partial charge in [0.2, 0.25) is 0 Å². The predicted molar refractivity (Wildman–Crippen MR) is 74.7 cm³/mol. The summed E-state index contributed by atoms with van der Waals surface area (Å²) >= 11 is 6.03. The molecule has 0 saturated heterocycles. The lowest BCUT2D eigenvalue weighted by Gasteiger charge is -2.18. The molecule has 0 unspecified atom stereocenters. The highest BCUT2D eigenvalue weighted by Crippen LogP contribution is 2.15. The van der Waals surface area contributed by atoms with Crippen LogP contribution in [0.3, 0.4) is 0 Å². The van der Waals surface area contributed by atoms with Crippen molar-refractivity contribution in [3.63, 3.8) is 0 Å². The molecule has 1 amide bonds. The van der Waals surface area contributed by atoms with Gasteiger partial charge in [-0.05, 0) is 18.2 Å². The first-order valence-electron chi connectivity index (χ1n) is 6.08. The summed E-state index contributed by atoms with van der Waals surface area (Å²) in [5, 5.41) is 12.8. The summed E-state index contributed by atoms with van der Waals surface area (Å²) in [6.45, 7) is -0.184. The first-order chi connectivity index (χ1) is 9.65. The Kier molecular flexibility index (Phi) is 3.26. The topological polar surface area (TPSA) is 52.9 Å². The van der Waals surface area contributed by atoms with Gasteiger partial charge in [0, 0.05) is 15.8 Å². The van der Waals surface area contributed by atoms with Gasteiger partial charge >= 0.3 is 0 Å². The molecular formula is C15H11ClN2O2. The van der Waals surface area contributed by atoms with E-state index in [0.717, 1.165) is 10.6 Å². The number of nitrogens with zero attached hydrogens (tertiary/aromatic N) is 2. The molecular weight excluding hydrogens is 282 g/mol. The van der Waals surface area contributed by atoms with Crippen molar-refractivity contribution in [3.05, 3.63) is 69.7 Å². The van der Waals surface area contributed by atoms with Crippen LogP contribution in [0.4, 0.5) is 0 Å². The lowest BCUT2D eigenvalue weighted by molar-refractivity contribution is -0.125. The van der Waals surface area contributed by atoms with Gasteiger partial charge in [0.1, 0.15) is 6.54 Å². The molecule has 3 rings (SSSR count). The number of fused-ring (bicyclic) bond motifs is 1. The van der Waals surface area contributed by atoms with Crippen molar-refractivity contribution in [1.29, 1.82) is 0 Å². The molecule has 0 aliphatic carbocycles. The second-order valence-electron chi connectivity index (χ2n) is 4.44. The molecule has 0 fully saturated rings. The standard InChI is InChI=1S/C15H11ClN2O2/c16-11-6-7-13-12(8-11)15(10-4-2-1-3-5-10)18(20)9-14(19)17-13/h1-8,20H,9H2/i1+1,2+1,3+1,4+1,5+1,10+1. The smallest absolute Gasteiger partial charge is 0.268 e. The fraction of sp³-hybridized carbons (Fsp3) is 0.0667. The SMILES string of the molecule is O=C1CN(O)C([13c]2[13cH][13cH][13cH][13cH][13cH]2)=c2cc(Cl)ccc2=N1. The van der Waals surface area contributed by atoms with Crippen molar-refractivity contribution in [2.45, 2.75) is 0 Å². The average Bonchev–Trinajstić information content (AvgIpc) is 2.54. The zero-order valence-corrected chi connectivity index (χ0v) is 11.2. The lowest BCUT2D eigenvalue weighted by atomic mass is 10.2. The Labute approximate surface area is 120 Å². The van der Waals surface area contributed by atoms with Crippen LogP contribution in [0.15, 0.2) is 53.5 Å². The highest BCUT2D eigenvalue weighted by Gasteiger charge is 2.18. The van der Waals surface area contributed by atoms with Gasteiger partial charge < -0.3 is 0 Å². The Balaban J connectivity index is 2.43. The van der Waals surface area contributed by atoms with Gasteiger partial charge in [-0.25, -0.2) is 10.1 Å². The van der Waals surface area contributed by atoms with Gasteiger partial charge in [-0.15, -0.1) is 0 Å². The van der Waals surface area contributed by atoms with E-state index in [0.29, 0.717) is 21.3 Å². The Hall–Kier alpha value is -2.17. The molecule has 100 valence electrons. The molecule has 4 nitrogen and oxygen atoms in total. The molecule has 1 aliphatic rings. The summed E-state index contributed by atoms with van der Waals surface area (Å²) in [5.41, 5.74) is 1.32. The number of benzene rings is 2.